The molecular weight excluding hydrogens is 454 g/mol. The van der Waals surface area contributed by atoms with Crippen molar-refractivity contribution in [2.45, 2.75) is 32.5 Å². The summed E-state index contributed by atoms with van der Waals surface area (Å²) in [6.07, 6.45) is 10.6. The standard InChI is InChI=1S/C28H33N5O3/c1-20-15-33(21(2)18-34)28(35)25-11-23(10-9-22-7-5-4-6-8-22)14-31-27(25)36-26(20)17-32(3)16-24-12-29-19-30-13-24/h4-14,19-21,26,34H,15-18H2,1-3H3/b10-9+/t20-,21-,26-/m0/s1. The Hall–Kier alpha value is -3.62. The number of hydrogen-bond donors (Lipinski definition) is 1. The second kappa shape index (κ2) is 11.9. The van der Waals surface area contributed by atoms with Crippen molar-refractivity contribution in [1.82, 2.24) is 24.8 Å². The van der Waals surface area contributed by atoms with Crippen molar-refractivity contribution in [2.24, 2.45) is 5.92 Å². The SMILES string of the molecule is C[C@H]1CN([C@@H](C)CO)C(=O)c2cc(/C=C/c3ccccc3)cnc2O[C@H]1CN(C)Cc1cncnc1. The van der Waals surface area contributed by atoms with Gasteiger partial charge in [-0.25, -0.2) is 15.0 Å². The summed E-state index contributed by atoms with van der Waals surface area (Å²) < 4.78 is 6.39. The number of rotatable bonds is 8. The number of pyridine rings is 1. The monoisotopic (exact) mass is 487 g/mol. The average molecular weight is 488 g/mol. The second-order valence-corrected chi connectivity index (χ2v) is 9.43. The van der Waals surface area contributed by atoms with Gasteiger partial charge in [0.25, 0.3) is 5.91 Å². The summed E-state index contributed by atoms with van der Waals surface area (Å²) in [4.78, 5) is 30.2. The molecule has 188 valence electrons. The molecule has 1 aromatic carbocycles. The number of amides is 1. The third-order valence-corrected chi connectivity index (χ3v) is 6.37. The van der Waals surface area contributed by atoms with Crippen LogP contribution in [0.3, 0.4) is 0 Å². The lowest BCUT2D eigenvalue weighted by atomic mass is 9.99. The molecule has 0 saturated carbocycles. The molecule has 1 aliphatic heterocycles. The minimum atomic E-state index is -0.325. The lowest BCUT2D eigenvalue weighted by Crippen LogP contribution is -2.49. The Kier molecular flexibility index (Phi) is 8.40. The normalized spacial score (nSPS) is 19.0. The van der Waals surface area contributed by atoms with Crippen LogP contribution in [0.4, 0.5) is 0 Å². The summed E-state index contributed by atoms with van der Waals surface area (Å²) in [6, 6.07) is 11.5. The van der Waals surface area contributed by atoms with Crippen molar-refractivity contribution in [3.8, 4) is 5.88 Å². The fourth-order valence-electron chi connectivity index (χ4n) is 4.28. The van der Waals surface area contributed by atoms with Crippen LogP contribution >= 0.6 is 0 Å². The van der Waals surface area contributed by atoms with Crippen LogP contribution in [0.25, 0.3) is 12.2 Å². The van der Waals surface area contributed by atoms with Crippen LogP contribution < -0.4 is 4.74 Å². The number of carbonyl (C=O) groups is 1. The predicted molar refractivity (Wildman–Crippen MR) is 139 cm³/mol. The number of aliphatic hydroxyl groups excluding tert-OH is 1. The Balaban J connectivity index is 1.61. The van der Waals surface area contributed by atoms with E-state index in [4.69, 9.17) is 4.74 Å². The van der Waals surface area contributed by atoms with Crippen LogP contribution in [0, 0.1) is 5.92 Å². The van der Waals surface area contributed by atoms with Gasteiger partial charge >= 0.3 is 0 Å². The zero-order chi connectivity index (χ0) is 25.5. The highest BCUT2D eigenvalue weighted by atomic mass is 16.5. The summed E-state index contributed by atoms with van der Waals surface area (Å²) in [5.41, 5.74) is 3.28. The van der Waals surface area contributed by atoms with E-state index in [1.54, 1.807) is 23.5 Å². The van der Waals surface area contributed by atoms with Gasteiger partial charge in [0, 0.05) is 49.7 Å². The number of aromatic nitrogens is 3. The molecular formula is C28H33N5O3. The molecule has 0 aliphatic carbocycles. The van der Waals surface area contributed by atoms with Gasteiger partial charge in [-0.3, -0.25) is 9.69 Å². The molecule has 0 radical (unpaired) electrons. The molecule has 1 aliphatic rings. The number of aliphatic hydroxyl groups is 1. The molecule has 3 aromatic rings. The van der Waals surface area contributed by atoms with Gasteiger partial charge in [0.1, 0.15) is 18.0 Å². The van der Waals surface area contributed by atoms with Crippen LogP contribution in [0.5, 0.6) is 5.88 Å². The van der Waals surface area contributed by atoms with Crippen molar-refractivity contribution in [3.05, 3.63) is 83.6 Å². The Morgan fingerprint density at radius 1 is 1.17 bits per heavy atom. The molecule has 0 saturated heterocycles. The molecule has 3 heterocycles. The maximum absolute atomic E-state index is 13.6. The number of ether oxygens (including phenoxy) is 1. The first-order valence-electron chi connectivity index (χ1n) is 12.2. The molecule has 0 spiro atoms. The van der Waals surface area contributed by atoms with Crippen LogP contribution in [0.1, 0.15) is 40.9 Å². The lowest BCUT2D eigenvalue weighted by Gasteiger charge is -2.37. The lowest BCUT2D eigenvalue weighted by molar-refractivity contribution is 0.0325. The molecule has 8 heteroatoms. The van der Waals surface area contributed by atoms with Crippen LogP contribution in [-0.4, -0.2) is 74.7 Å². The number of likely N-dealkylation sites (N-methyl/N-ethyl adjacent to an activating group) is 1. The molecule has 0 bridgehead atoms. The number of fused-ring (bicyclic) bond motifs is 1. The average Bonchev–Trinajstić information content (AvgIpc) is 2.90. The van der Waals surface area contributed by atoms with Crippen molar-refractivity contribution in [2.75, 3.05) is 26.7 Å². The number of carbonyl (C=O) groups excluding carboxylic acids is 1. The highest BCUT2D eigenvalue weighted by molar-refractivity contribution is 5.97. The number of nitrogens with zero attached hydrogens (tertiary/aromatic N) is 5. The van der Waals surface area contributed by atoms with Crippen molar-refractivity contribution in [3.63, 3.8) is 0 Å². The predicted octanol–water partition coefficient (Wildman–Crippen LogP) is 3.39. The van der Waals surface area contributed by atoms with Crippen molar-refractivity contribution >= 4 is 18.1 Å². The third-order valence-electron chi connectivity index (χ3n) is 6.37. The summed E-state index contributed by atoms with van der Waals surface area (Å²) in [7, 11) is 2.02. The van der Waals surface area contributed by atoms with Gasteiger partial charge < -0.3 is 14.7 Å². The first-order chi connectivity index (χ1) is 17.4. The van der Waals surface area contributed by atoms with E-state index in [0.29, 0.717) is 31.1 Å². The van der Waals surface area contributed by atoms with E-state index in [0.717, 1.165) is 16.7 Å². The van der Waals surface area contributed by atoms with Crippen LogP contribution in [-0.2, 0) is 6.54 Å². The van der Waals surface area contributed by atoms with Crippen molar-refractivity contribution < 1.29 is 14.6 Å². The maximum atomic E-state index is 13.6. The largest absolute Gasteiger partial charge is 0.472 e. The van der Waals surface area contributed by atoms with Crippen LogP contribution in [0.2, 0.25) is 0 Å². The molecule has 8 nitrogen and oxygen atoms in total. The van der Waals surface area contributed by atoms with Gasteiger partial charge in [-0.05, 0) is 31.2 Å². The first-order valence-corrected chi connectivity index (χ1v) is 12.2. The second-order valence-electron chi connectivity index (χ2n) is 9.43. The third kappa shape index (κ3) is 6.33. The molecule has 0 fully saturated rings. The minimum absolute atomic E-state index is 0.0185. The zero-order valence-electron chi connectivity index (χ0n) is 21.0. The molecule has 4 rings (SSSR count). The Bertz CT molecular complexity index is 1170. The van der Waals surface area contributed by atoms with E-state index in [-0.39, 0.29) is 30.6 Å². The fraction of sp³-hybridized carbons (Fsp3) is 0.357. The summed E-state index contributed by atoms with van der Waals surface area (Å²) in [6.45, 7) is 5.58. The highest BCUT2D eigenvalue weighted by Crippen LogP contribution is 2.28. The highest BCUT2D eigenvalue weighted by Gasteiger charge is 2.34. The van der Waals surface area contributed by atoms with E-state index >= 15 is 0 Å². The number of hydrogen-bond acceptors (Lipinski definition) is 7. The van der Waals surface area contributed by atoms with Gasteiger partial charge in [-0.15, -0.1) is 0 Å². The van der Waals surface area contributed by atoms with E-state index in [1.165, 1.54) is 6.33 Å². The van der Waals surface area contributed by atoms with E-state index < -0.39 is 0 Å². The smallest absolute Gasteiger partial charge is 0.259 e. The molecule has 1 N–H and O–H groups in total. The number of benzene rings is 1. The summed E-state index contributed by atoms with van der Waals surface area (Å²) >= 11 is 0. The summed E-state index contributed by atoms with van der Waals surface area (Å²) in [5, 5.41) is 9.87. The molecule has 3 atom stereocenters. The Labute approximate surface area is 212 Å². The van der Waals surface area contributed by atoms with Gasteiger partial charge in [0.2, 0.25) is 5.88 Å². The van der Waals surface area contributed by atoms with Gasteiger partial charge in [0.05, 0.1) is 12.6 Å². The van der Waals surface area contributed by atoms with Gasteiger partial charge in [-0.2, -0.15) is 0 Å². The molecule has 1 amide bonds. The fourth-order valence-corrected chi connectivity index (χ4v) is 4.28. The first kappa shape index (κ1) is 25.5. The molecule has 0 unspecified atom stereocenters. The molecule has 36 heavy (non-hydrogen) atoms. The Morgan fingerprint density at radius 2 is 1.89 bits per heavy atom. The quantitative estimate of drug-likeness (QED) is 0.521. The van der Waals surface area contributed by atoms with E-state index in [2.05, 4.69) is 26.8 Å². The topological polar surface area (TPSA) is 91.7 Å². The molecule has 2 aromatic heterocycles. The van der Waals surface area contributed by atoms with Crippen molar-refractivity contribution in [1.29, 1.82) is 0 Å². The van der Waals surface area contributed by atoms with Crippen LogP contribution in [0.15, 0.2) is 61.3 Å². The zero-order valence-corrected chi connectivity index (χ0v) is 21.0. The van der Waals surface area contributed by atoms with E-state index in [9.17, 15) is 9.90 Å². The Morgan fingerprint density at radius 3 is 2.61 bits per heavy atom. The van der Waals surface area contributed by atoms with Gasteiger partial charge in [0.15, 0.2) is 0 Å². The van der Waals surface area contributed by atoms with E-state index in [1.807, 2.05) is 62.5 Å². The summed E-state index contributed by atoms with van der Waals surface area (Å²) in [5.74, 6) is 0.152. The minimum Gasteiger partial charge on any atom is -0.472 e. The van der Waals surface area contributed by atoms with Gasteiger partial charge in [-0.1, -0.05) is 49.4 Å². The maximum Gasteiger partial charge on any atom is 0.259 e.